The number of amides is 1. The Kier molecular flexibility index (Phi) is 7.13. The van der Waals surface area contributed by atoms with E-state index in [0.717, 1.165) is 16.7 Å². The number of hydrogen-bond donors (Lipinski definition) is 4. The largest absolute Gasteiger partial charge is 0.491 e. The summed E-state index contributed by atoms with van der Waals surface area (Å²) in [5.74, 6) is -0.517. The average molecular weight is 564 g/mol. The number of aliphatic hydroxyl groups excluding tert-OH is 3. The molecule has 2 aliphatic carbocycles. The first-order valence-electron chi connectivity index (χ1n) is 12.7. The van der Waals surface area contributed by atoms with E-state index in [0.29, 0.717) is 28.9 Å². The third-order valence-electron chi connectivity index (χ3n) is 7.53. The number of benzene rings is 3. The third-order valence-corrected chi connectivity index (χ3v) is 8.88. The van der Waals surface area contributed by atoms with Crippen LogP contribution in [0.2, 0.25) is 0 Å². The zero-order chi connectivity index (χ0) is 28.8. The van der Waals surface area contributed by atoms with E-state index in [1.807, 2.05) is 13.8 Å². The summed E-state index contributed by atoms with van der Waals surface area (Å²) >= 11 is 0. The quantitative estimate of drug-likeness (QED) is 0.326. The number of aliphatic hydroxyl groups is 3. The lowest BCUT2D eigenvalue weighted by Crippen LogP contribution is -2.34. The summed E-state index contributed by atoms with van der Waals surface area (Å²) in [6.07, 6.45) is -2.20. The molecule has 0 unspecified atom stereocenters. The monoisotopic (exact) mass is 563 g/mol. The molecule has 0 heterocycles. The molecule has 40 heavy (non-hydrogen) atoms. The molecule has 208 valence electrons. The second-order valence-corrected chi connectivity index (χ2v) is 12.1. The second-order valence-electron chi connectivity index (χ2n) is 10.4. The van der Waals surface area contributed by atoms with Gasteiger partial charge in [0.2, 0.25) is 0 Å². The summed E-state index contributed by atoms with van der Waals surface area (Å²) in [6, 6.07) is 17.5. The standard InChI is InChI=1S/C30H29NO8S/c1-30(2)23-14-19(39-16-26(34)25(33)15-32)9-11-22(23)28(35)27-21-10-8-17(12-18(21)13-24(27)30)29(36)31-40(37,38)20-6-4-3-5-7-20/h3-12,14,25-26,32-34H,13,15-16H2,1-2H3,(H,31,36)/t25-,26-/m1/s1. The van der Waals surface area contributed by atoms with Gasteiger partial charge in [-0.25, -0.2) is 13.1 Å². The molecule has 9 nitrogen and oxygen atoms in total. The molecule has 0 aliphatic heterocycles. The molecule has 0 saturated carbocycles. The number of Topliss-reactive ketones (excluding diaryl/α,β-unsaturated/α-hetero) is 1. The first-order valence-corrected chi connectivity index (χ1v) is 14.2. The number of allylic oxidation sites excluding steroid dienone is 2. The van der Waals surface area contributed by atoms with Crippen LogP contribution in [0.5, 0.6) is 5.75 Å². The van der Waals surface area contributed by atoms with Crippen molar-refractivity contribution in [3.05, 3.63) is 100 Å². The minimum atomic E-state index is -4.04. The third kappa shape index (κ3) is 4.84. The summed E-state index contributed by atoms with van der Waals surface area (Å²) < 4.78 is 33.0. The molecule has 3 aromatic rings. The van der Waals surface area contributed by atoms with Crippen molar-refractivity contribution in [2.75, 3.05) is 13.2 Å². The summed E-state index contributed by atoms with van der Waals surface area (Å²) in [5.41, 5.74) is 3.75. The zero-order valence-corrected chi connectivity index (χ0v) is 22.7. The number of sulfonamides is 1. The predicted molar refractivity (Wildman–Crippen MR) is 147 cm³/mol. The van der Waals surface area contributed by atoms with Crippen molar-refractivity contribution >= 4 is 27.3 Å². The Balaban J connectivity index is 1.40. The van der Waals surface area contributed by atoms with Crippen molar-refractivity contribution in [2.45, 2.75) is 42.8 Å². The van der Waals surface area contributed by atoms with Crippen LogP contribution in [0.4, 0.5) is 0 Å². The van der Waals surface area contributed by atoms with Gasteiger partial charge in [-0.05, 0) is 71.1 Å². The molecule has 0 spiro atoms. The van der Waals surface area contributed by atoms with Crippen LogP contribution < -0.4 is 9.46 Å². The molecular weight excluding hydrogens is 534 g/mol. The SMILES string of the molecule is CC1(C)C2=C(C(=O)c3ccc(OC[C@@H](O)[C@H](O)CO)cc31)c1ccc(C(=O)NS(=O)(=O)c3ccccc3)cc1C2. The van der Waals surface area contributed by atoms with E-state index in [2.05, 4.69) is 4.72 Å². The van der Waals surface area contributed by atoms with Crippen LogP contribution in [-0.4, -0.2) is 60.8 Å². The maximum absolute atomic E-state index is 13.7. The highest BCUT2D eigenvalue weighted by molar-refractivity contribution is 7.90. The molecule has 10 heteroatoms. The average Bonchev–Trinajstić information content (AvgIpc) is 3.35. The molecule has 0 fully saturated rings. The molecule has 1 amide bonds. The smallest absolute Gasteiger partial charge is 0.265 e. The first-order chi connectivity index (χ1) is 18.9. The van der Waals surface area contributed by atoms with Gasteiger partial charge in [-0.2, -0.15) is 0 Å². The van der Waals surface area contributed by atoms with Crippen molar-refractivity contribution in [2.24, 2.45) is 0 Å². The Hall–Kier alpha value is -3.83. The number of ketones is 1. The van der Waals surface area contributed by atoms with Crippen molar-refractivity contribution in [3.63, 3.8) is 0 Å². The molecule has 2 atom stereocenters. The Morgan fingerprint density at radius 3 is 2.40 bits per heavy atom. The fraction of sp³-hybridized carbons (Fsp3) is 0.267. The number of fused-ring (bicyclic) bond motifs is 3. The maximum atomic E-state index is 13.7. The van der Waals surface area contributed by atoms with Gasteiger partial charge in [0, 0.05) is 22.1 Å². The van der Waals surface area contributed by atoms with Crippen LogP contribution in [0.1, 0.15) is 51.3 Å². The molecule has 0 bridgehead atoms. The van der Waals surface area contributed by atoms with E-state index in [9.17, 15) is 28.2 Å². The number of ether oxygens (including phenoxy) is 1. The molecule has 3 aromatic carbocycles. The Bertz CT molecular complexity index is 1640. The van der Waals surface area contributed by atoms with Gasteiger partial charge in [0.05, 0.1) is 11.5 Å². The van der Waals surface area contributed by atoms with E-state index >= 15 is 0 Å². The van der Waals surface area contributed by atoms with Crippen molar-refractivity contribution < 1.29 is 38.1 Å². The predicted octanol–water partition coefficient (Wildman–Crippen LogP) is 2.38. The lowest BCUT2D eigenvalue weighted by atomic mass is 9.68. The number of nitrogens with one attached hydrogen (secondary N) is 1. The van der Waals surface area contributed by atoms with Gasteiger partial charge in [-0.1, -0.05) is 38.1 Å². The van der Waals surface area contributed by atoms with Crippen LogP contribution in [0, 0.1) is 0 Å². The van der Waals surface area contributed by atoms with E-state index < -0.39 is 40.2 Å². The molecular formula is C30H29NO8S. The minimum absolute atomic E-state index is 0.0193. The van der Waals surface area contributed by atoms with Gasteiger partial charge < -0.3 is 20.1 Å². The number of carbonyl (C=O) groups excluding carboxylic acids is 2. The molecule has 5 rings (SSSR count). The van der Waals surface area contributed by atoms with Crippen molar-refractivity contribution in [1.29, 1.82) is 0 Å². The highest BCUT2D eigenvalue weighted by atomic mass is 32.2. The minimum Gasteiger partial charge on any atom is -0.491 e. The first kappa shape index (κ1) is 27.7. The Morgan fingerprint density at radius 1 is 1.00 bits per heavy atom. The van der Waals surface area contributed by atoms with Gasteiger partial charge >= 0.3 is 0 Å². The maximum Gasteiger partial charge on any atom is 0.265 e. The molecule has 4 N–H and O–H groups in total. The normalized spacial score (nSPS) is 17.0. The van der Waals surface area contributed by atoms with Gasteiger partial charge in [0.25, 0.3) is 15.9 Å². The van der Waals surface area contributed by atoms with Gasteiger partial charge in [0.1, 0.15) is 24.6 Å². The highest BCUT2D eigenvalue weighted by Crippen LogP contribution is 2.50. The van der Waals surface area contributed by atoms with Crippen LogP contribution in [-0.2, 0) is 21.9 Å². The summed E-state index contributed by atoms with van der Waals surface area (Å²) in [5, 5.41) is 28.5. The van der Waals surface area contributed by atoms with E-state index in [-0.39, 0.29) is 22.8 Å². The van der Waals surface area contributed by atoms with Crippen LogP contribution in [0.25, 0.3) is 5.57 Å². The lowest BCUT2D eigenvalue weighted by Gasteiger charge is -2.34. The molecule has 0 aromatic heterocycles. The molecule has 0 saturated heterocycles. The van der Waals surface area contributed by atoms with Crippen molar-refractivity contribution in [3.8, 4) is 5.75 Å². The van der Waals surface area contributed by atoms with Gasteiger partial charge in [-0.3, -0.25) is 9.59 Å². The zero-order valence-electron chi connectivity index (χ0n) is 21.9. The highest BCUT2D eigenvalue weighted by Gasteiger charge is 2.43. The van der Waals surface area contributed by atoms with Crippen LogP contribution in [0.3, 0.4) is 0 Å². The molecule has 0 radical (unpaired) electrons. The number of hydrogen-bond acceptors (Lipinski definition) is 8. The number of carbonyl (C=O) groups is 2. The summed E-state index contributed by atoms with van der Waals surface area (Å²) in [4.78, 5) is 26.5. The van der Waals surface area contributed by atoms with Crippen LogP contribution in [0.15, 0.2) is 77.2 Å². The topological polar surface area (TPSA) is 150 Å². The van der Waals surface area contributed by atoms with Crippen molar-refractivity contribution in [1.82, 2.24) is 4.72 Å². The Morgan fingerprint density at radius 2 is 1.70 bits per heavy atom. The lowest BCUT2D eigenvalue weighted by molar-refractivity contribution is -0.0339. The number of rotatable bonds is 8. The van der Waals surface area contributed by atoms with E-state index in [4.69, 9.17) is 9.84 Å². The van der Waals surface area contributed by atoms with Gasteiger partial charge in [-0.15, -0.1) is 0 Å². The van der Waals surface area contributed by atoms with E-state index in [1.165, 1.54) is 18.2 Å². The fourth-order valence-electron chi connectivity index (χ4n) is 5.24. The molecule has 2 aliphatic rings. The summed E-state index contributed by atoms with van der Waals surface area (Å²) in [6.45, 7) is 3.15. The fourth-order valence-corrected chi connectivity index (χ4v) is 6.23. The van der Waals surface area contributed by atoms with E-state index in [1.54, 1.807) is 48.5 Å². The van der Waals surface area contributed by atoms with Gasteiger partial charge in [0.15, 0.2) is 5.78 Å². The van der Waals surface area contributed by atoms with Crippen LogP contribution >= 0.6 is 0 Å². The Labute approximate surface area is 231 Å². The summed E-state index contributed by atoms with van der Waals surface area (Å²) in [7, 11) is -4.04. The second kappa shape index (κ2) is 10.3.